The number of benzene rings is 2. The average Bonchev–Trinajstić information content (AvgIpc) is 2.52. The molecule has 0 aromatic heterocycles. The first kappa shape index (κ1) is 21.0. The third-order valence-corrected chi connectivity index (χ3v) is 5.49. The molecule has 0 unspecified atom stereocenters. The number of carboxylic acid groups (broad SMARTS) is 2. The summed E-state index contributed by atoms with van der Waals surface area (Å²) in [4.78, 5) is 24.5. The summed E-state index contributed by atoms with van der Waals surface area (Å²) >= 11 is 1.20. The minimum absolute atomic E-state index is 0.144. The predicted octanol–water partition coefficient (Wildman–Crippen LogP) is 5.83. The van der Waals surface area contributed by atoms with Crippen LogP contribution in [0, 0.1) is 0 Å². The van der Waals surface area contributed by atoms with Crippen molar-refractivity contribution in [2.75, 3.05) is 0 Å². The van der Waals surface area contributed by atoms with Crippen molar-refractivity contribution in [1.82, 2.24) is 0 Å². The quantitative estimate of drug-likeness (QED) is 0.691. The van der Waals surface area contributed by atoms with Gasteiger partial charge < -0.3 is 10.2 Å². The summed E-state index contributed by atoms with van der Waals surface area (Å²) in [6.45, 7) is 12.3. The van der Waals surface area contributed by atoms with Crippen LogP contribution in [-0.2, 0) is 10.8 Å². The maximum Gasteiger partial charge on any atom is 0.336 e. The van der Waals surface area contributed by atoms with E-state index >= 15 is 0 Å². The SMILES string of the molecule is CC(C)(C)c1ccc(C(=O)O)c(Sc2cc(C(C)(C)C)ccc2C(=O)O)c1. The highest BCUT2D eigenvalue weighted by molar-refractivity contribution is 7.99. The largest absolute Gasteiger partial charge is 0.478 e. The van der Waals surface area contributed by atoms with Gasteiger partial charge in [0, 0.05) is 9.79 Å². The van der Waals surface area contributed by atoms with E-state index in [1.165, 1.54) is 11.8 Å². The van der Waals surface area contributed by atoms with Gasteiger partial charge >= 0.3 is 11.9 Å². The highest BCUT2D eigenvalue weighted by Crippen LogP contribution is 2.38. The maximum atomic E-state index is 11.7. The molecule has 27 heavy (non-hydrogen) atoms. The van der Waals surface area contributed by atoms with Crippen LogP contribution in [-0.4, -0.2) is 22.2 Å². The van der Waals surface area contributed by atoms with Crippen molar-refractivity contribution in [3.05, 3.63) is 58.7 Å². The summed E-state index contributed by atoms with van der Waals surface area (Å²) in [6.07, 6.45) is 0. The second-order valence-corrected chi connectivity index (χ2v) is 9.72. The molecule has 5 heteroatoms. The van der Waals surface area contributed by atoms with E-state index in [1.807, 2.05) is 24.3 Å². The van der Waals surface area contributed by atoms with Gasteiger partial charge in [0.05, 0.1) is 11.1 Å². The molecule has 2 aromatic carbocycles. The number of aromatic carboxylic acids is 2. The Morgan fingerprint density at radius 2 is 1.04 bits per heavy atom. The van der Waals surface area contributed by atoms with Crippen LogP contribution < -0.4 is 0 Å². The first-order valence-electron chi connectivity index (χ1n) is 8.74. The molecule has 144 valence electrons. The van der Waals surface area contributed by atoms with Gasteiger partial charge in [-0.3, -0.25) is 0 Å². The lowest BCUT2D eigenvalue weighted by Gasteiger charge is -2.22. The van der Waals surface area contributed by atoms with E-state index in [1.54, 1.807) is 12.1 Å². The van der Waals surface area contributed by atoms with E-state index in [9.17, 15) is 19.8 Å². The monoisotopic (exact) mass is 386 g/mol. The van der Waals surface area contributed by atoms with Gasteiger partial charge in [-0.1, -0.05) is 65.4 Å². The molecular formula is C22H26O4S. The molecule has 2 aromatic rings. The summed E-state index contributed by atoms with van der Waals surface area (Å²) in [5.41, 5.74) is 2.05. The van der Waals surface area contributed by atoms with Crippen LogP contribution in [0.5, 0.6) is 0 Å². The van der Waals surface area contributed by atoms with Gasteiger partial charge in [-0.25, -0.2) is 9.59 Å². The minimum atomic E-state index is -1.03. The van der Waals surface area contributed by atoms with Crippen LogP contribution in [0.2, 0.25) is 0 Å². The Labute approximate surface area is 164 Å². The molecule has 0 amide bonds. The Morgan fingerprint density at radius 3 is 1.30 bits per heavy atom. The van der Waals surface area contributed by atoms with Crippen LogP contribution in [0.25, 0.3) is 0 Å². The molecular weight excluding hydrogens is 360 g/mol. The second-order valence-electron chi connectivity index (χ2n) is 8.63. The van der Waals surface area contributed by atoms with Crippen molar-refractivity contribution in [2.45, 2.75) is 62.2 Å². The van der Waals surface area contributed by atoms with E-state index in [4.69, 9.17) is 0 Å². The lowest BCUT2D eigenvalue weighted by atomic mass is 9.86. The summed E-state index contributed by atoms with van der Waals surface area (Å²) in [5, 5.41) is 19.1. The van der Waals surface area contributed by atoms with Crippen LogP contribution >= 0.6 is 11.8 Å². The zero-order chi connectivity index (χ0) is 20.6. The van der Waals surface area contributed by atoms with Gasteiger partial charge in [0.25, 0.3) is 0 Å². The molecule has 0 spiro atoms. The zero-order valence-corrected chi connectivity index (χ0v) is 17.4. The maximum absolute atomic E-state index is 11.7. The Kier molecular flexibility index (Phi) is 5.76. The third kappa shape index (κ3) is 4.92. The highest BCUT2D eigenvalue weighted by Gasteiger charge is 2.22. The fraction of sp³-hybridized carbons (Fsp3) is 0.364. The summed E-state index contributed by atoms with van der Waals surface area (Å²) < 4.78 is 0. The van der Waals surface area contributed by atoms with Crippen molar-refractivity contribution in [2.24, 2.45) is 0 Å². The van der Waals surface area contributed by atoms with Crippen molar-refractivity contribution in [1.29, 1.82) is 0 Å². The van der Waals surface area contributed by atoms with Gasteiger partial charge in [0.15, 0.2) is 0 Å². The molecule has 0 saturated heterocycles. The summed E-state index contributed by atoms with van der Waals surface area (Å²) in [7, 11) is 0. The number of carboxylic acids is 2. The lowest BCUT2D eigenvalue weighted by molar-refractivity contribution is 0.0683. The Morgan fingerprint density at radius 1 is 0.704 bits per heavy atom. The molecule has 0 bridgehead atoms. The molecule has 0 aliphatic rings. The zero-order valence-electron chi connectivity index (χ0n) is 16.6. The summed E-state index contributed by atoms with van der Waals surface area (Å²) in [5.74, 6) is -2.05. The highest BCUT2D eigenvalue weighted by atomic mass is 32.2. The second kappa shape index (κ2) is 7.39. The Balaban J connectivity index is 2.64. The standard InChI is InChI=1S/C22H26O4S/c1-21(2,3)13-7-9-15(19(23)24)17(11-13)27-18-12-14(22(4,5)6)8-10-16(18)20(25)26/h7-12H,1-6H3,(H,23,24)(H,25,26). The van der Waals surface area contributed by atoms with Gasteiger partial charge in [0.1, 0.15) is 0 Å². The molecule has 0 radical (unpaired) electrons. The molecule has 4 nitrogen and oxygen atoms in total. The fourth-order valence-electron chi connectivity index (χ4n) is 2.62. The van der Waals surface area contributed by atoms with Crippen LogP contribution in [0.1, 0.15) is 73.4 Å². The van der Waals surface area contributed by atoms with Crippen LogP contribution in [0.15, 0.2) is 46.2 Å². The Bertz CT molecular complexity index is 813. The van der Waals surface area contributed by atoms with E-state index in [0.29, 0.717) is 9.79 Å². The molecule has 0 atom stereocenters. The first-order chi connectivity index (χ1) is 12.3. The first-order valence-corrected chi connectivity index (χ1v) is 9.56. The summed E-state index contributed by atoms with van der Waals surface area (Å²) in [6, 6.07) is 10.5. The van der Waals surface area contributed by atoms with Crippen molar-refractivity contribution in [3.8, 4) is 0 Å². The van der Waals surface area contributed by atoms with E-state index in [0.717, 1.165) is 11.1 Å². The van der Waals surface area contributed by atoms with E-state index < -0.39 is 11.9 Å². The smallest absolute Gasteiger partial charge is 0.336 e. The van der Waals surface area contributed by atoms with Gasteiger partial charge in [-0.2, -0.15) is 0 Å². The molecule has 2 rings (SSSR count). The Hall–Kier alpha value is -2.27. The van der Waals surface area contributed by atoms with Crippen molar-refractivity contribution >= 4 is 23.7 Å². The molecule has 2 N–H and O–H groups in total. The van der Waals surface area contributed by atoms with Crippen LogP contribution in [0.3, 0.4) is 0 Å². The fourth-order valence-corrected chi connectivity index (χ4v) is 3.76. The molecule has 0 saturated carbocycles. The topological polar surface area (TPSA) is 74.6 Å². The van der Waals surface area contributed by atoms with Gasteiger partial charge in [0.2, 0.25) is 0 Å². The van der Waals surface area contributed by atoms with E-state index in [2.05, 4.69) is 41.5 Å². The van der Waals surface area contributed by atoms with Crippen molar-refractivity contribution < 1.29 is 19.8 Å². The predicted molar refractivity (Wildman–Crippen MR) is 108 cm³/mol. The minimum Gasteiger partial charge on any atom is -0.478 e. The van der Waals surface area contributed by atoms with Crippen LogP contribution in [0.4, 0.5) is 0 Å². The molecule has 0 fully saturated rings. The molecule has 0 heterocycles. The molecule has 0 aliphatic carbocycles. The van der Waals surface area contributed by atoms with E-state index in [-0.39, 0.29) is 22.0 Å². The number of hydrogen-bond acceptors (Lipinski definition) is 3. The number of hydrogen-bond donors (Lipinski definition) is 2. The lowest BCUT2D eigenvalue weighted by Crippen LogP contribution is -2.13. The van der Waals surface area contributed by atoms with Gasteiger partial charge in [-0.15, -0.1) is 0 Å². The average molecular weight is 387 g/mol. The van der Waals surface area contributed by atoms with Gasteiger partial charge in [-0.05, 0) is 46.2 Å². The normalized spacial score (nSPS) is 12.1. The third-order valence-electron chi connectivity index (χ3n) is 4.38. The van der Waals surface area contributed by atoms with Crippen molar-refractivity contribution in [3.63, 3.8) is 0 Å². The molecule has 0 aliphatic heterocycles. The number of rotatable bonds is 4. The number of carbonyl (C=O) groups is 2.